The number of benzene rings is 1. The third-order valence-electron chi connectivity index (χ3n) is 4.23. The molecule has 2 heterocycles. The van der Waals surface area contributed by atoms with E-state index >= 15 is 0 Å². The molecule has 6 heteroatoms. The molecule has 0 bridgehead atoms. The number of hydrogen-bond acceptors (Lipinski definition) is 6. The lowest BCUT2D eigenvalue weighted by Gasteiger charge is -2.35. The molecule has 1 aromatic heterocycles. The van der Waals surface area contributed by atoms with Crippen LogP contribution in [0.25, 0.3) is 0 Å². The Morgan fingerprint density at radius 2 is 1.83 bits per heavy atom. The quantitative estimate of drug-likeness (QED) is 0.788. The number of rotatable bonds is 8. The molecule has 0 saturated carbocycles. The maximum atomic E-state index is 10.2. The van der Waals surface area contributed by atoms with Gasteiger partial charge in [-0.2, -0.15) is 0 Å². The van der Waals surface area contributed by atoms with Crippen LogP contribution in [0.15, 0.2) is 47.2 Å². The summed E-state index contributed by atoms with van der Waals surface area (Å²) in [5.74, 6) is 0. The van der Waals surface area contributed by atoms with Crippen LogP contribution in [0.5, 0.6) is 0 Å². The summed E-state index contributed by atoms with van der Waals surface area (Å²) in [6.45, 7) is 6.26. The third-order valence-corrected chi connectivity index (χ3v) is 4.23. The van der Waals surface area contributed by atoms with E-state index in [-0.39, 0.29) is 0 Å². The van der Waals surface area contributed by atoms with E-state index in [0.29, 0.717) is 19.8 Å². The first-order valence-corrected chi connectivity index (χ1v) is 8.43. The molecule has 1 atom stereocenters. The van der Waals surface area contributed by atoms with Gasteiger partial charge in [-0.1, -0.05) is 35.5 Å². The second-order valence-electron chi connectivity index (χ2n) is 6.22. The van der Waals surface area contributed by atoms with Crippen molar-refractivity contribution in [3.05, 3.63) is 53.9 Å². The average molecular weight is 331 g/mol. The number of piperazine rings is 1. The third kappa shape index (κ3) is 5.42. The van der Waals surface area contributed by atoms with Crippen LogP contribution in [-0.2, 0) is 17.9 Å². The molecule has 3 rings (SSSR count). The lowest BCUT2D eigenvalue weighted by Crippen LogP contribution is -2.48. The molecule has 0 spiro atoms. The van der Waals surface area contributed by atoms with E-state index in [9.17, 15) is 5.11 Å². The fourth-order valence-electron chi connectivity index (χ4n) is 2.92. The molecule has 0 radical (unpaired) electrons. The Bertz CT molecular complexity index is 568. The van der Waals surface area contributed by atoms with Crippen molar-refractivity contribution in [1.29, 1.82) is 0 Å². The minimum Gasteiger partial charge on any atom is -0.389 e. The zero-order valence-corrected chi connectivity index (χ0v) is 13.9. The average Bonchev–Trinajstić information content (AvgIpc) is 3.11. The fourth-order valence-corrected chi connectivity index (χ4v) is 2.92. The molecule has 1 aliphatic rings. The molecule has 130 valence electrons. The van der Waals surface area contributed by atoms with Gasteiger partial charge in [-0.05, 0) is 5.56 Å². The first-order valence-electron chi connectivity index (χ1n) is 8.43. The van der Waals surface area contributed by atoms with Gasteiger partial charge >= 0.3 is 0 Å². The monoisotopic (exact) mass is 331 g/mol. The number of aromatic nitrogens is 1. The van der Waals surface area contributed by atoms with Gasteiger partial charge in [-0.25, -0.2) is 0 Å². The van der Waals surface area contributed by atoms with E-state index in [1.807, 2.05) is 36.4 Å². The van der Waals surface area contributed by atoms with Crippen LogP contribution in [0.1, 0.15) is 11.3 Å². The summed E-state index contributed by atoms with van der Waals surface area (Å²) in [6, 6.07) is 11.9. The van der Waals surface area contributed by atoms with Crippen molar-refractivity contribution in [3.63, 3.8) is 0 Å². The minimum atomic E-state index is -0.448. The highest BCUT2D eigenvalue weighted by Gasteiger charge is 2.19. The molecule has 0 aliphatic carbocycles. The summed E-state index contributed by atoms with van der Waals surface area (Å²) in [5.41, 5.74) is 2.10. The largest absolute Gasteiger partial charge is 0.389 e. The maximum absolute atomic E-state index is 10.2. The Kier molecular flexibility index (Phi) is 6.37. The molecule has 1 aliphatic heterocycles. The summed E-state index contributed by atoms with van der Waals surface area (Å²) in [7, 11) is 0. The van der Waals surface area contributed by atoms with Crippen LogP contribution in [-0.4, -0.2) is 65.5 Å². The summed E-state index contributed by atoms with van der Waals surface area (Å²) in [5, 5.41) is 14.1. The zero-order valence-electron chi connectivity index (χ0n) is 13.9. The summed E-state index contributed by atoms with van der Waals surface area (Å²) < 4.78 is 10.5. The van der Waals surface area contributed by atoms with E-state index < -0.39 is 6.10 Å². The van der Waals surface area contributed by atoms with Crippen LogP contribution in [0.3, 0.4) is 0 Å². The maximum Gasteiger partial charge on any atom is 0.124 e. The molecule has 2 aromatic rings. The van der Waals surface area contributed by atoms with Gasteiger partial charge in [0.15, 0.2) is 0 Å². The van der Waals surface area contributed by atoms with Gasteiger partial charge in [0.1, 0.15) is 6.26 Å². The summed E-state index contributed by atoms with van der Waals surface area (Å²) in [6.07, 6.45) is 1.16. The topological polar surface area (TPSA) is 62.0 Å². The van der Waals surface area contributed by atoms with Crippen molar-refractivity contribution in [2.75, 3.05) is 39.3 Å². The first kappa shape index (κ1) is 17.1. The molecular formula is C18H25N3O3. The van der Waals surface area contributed by atoms with Crippen molar-refractivity contribution in [2.24, 2.45) is 0 Å². The van der Waals surface area contributed by atoms with E-state index in [1.54, 1.807) is 6.26 Å². The number of hydrogen-bond donors (Lipinski definition) is 1. The van der Waals surface area contributed by atoms with Crippen LogP contribution in [0.4, 0.5) is 0 Å². The highest BCUT2D eigenvalue weighted by Crippen LogP contribution is 2.08. The predicted molar refractivity (Wildman–Crippen MR) is 90.3 cm³/mol. The summed E-state index contributed by atoms with van der Waals surface area (Å²) in [4.78, 5) is 4.64. The Labute approximate surface area is 142 Å². The second kappa shape index (κ2) is 8.94. The van der Waals surface area contributed by atoms with Crippen molar-refractivity contribution >= 4 is 0 Å². The molecule has 24 heavy (non-hydrogen) atoms. The number of aliphatic hydroxyl groups excluding tert-OH is 1. The number of aliphatic hydroxyl groups is 1. The molecule has 1 aromatic carbocycles. The van der Waals surface area contributed by atoms with Gasteiger partial charge in [-0.15, -0.1) is 0 Å². The van der Waals surface area contributed by atoms with Crippen molar-refractivity contribution < 1.29 is 14.4 Å². The van der Waals surface area contributed by atoms with Gasteiger partial charge < -0.3 is 14.4 Å². The highest BCUT2D eigenvalue weighted by atomic mass is 16.5. The van der Waals surface area contributed by atoms with Crippen LogP contribution in [0.2, 0.25) is 0 Å². The highest BCUT2D eigenvalue weighted by molar-refractivity contribution is 5.13. The Hall–Kier alpha value is -1.73. The smallest absolute Gasteiger partial charge is 0.124 e. The lowest BCUT2D eigenvalue weighted by atomic mass is 10.2. The number of β-amino-alcohol motifs (C(OH)–C–C–N with tert-alkyl or cyclic N) is 1. The second-order valence-corrected chi connectivity index (χ2v) is 6.22. The molecule has 1 N–H and O–H groups in total. The van der Waals surface area contributed by atoms with Crippen molar-refractivity contribution in [3.8, 4) is 0 Å². The van der Waals surface area contributed by atoms with Crippen LogP contribution < -0.4 is 0 Å². The Morgan fingerprint density at radius 1 is 1.08 bits per heavy atom. The minimum absolute atomic E-state index is 0.369. The summed E-state index contributed by atoms with van der Waals surface area (Å²) >= 11 is 0. The SMILES string of the molecule is OC(COCc1ccccc1)CN1CCN(Cc2ccon2)CC1. The Morgan fingerprint density at radius 3 is 2.54 bits per heavy atom. The van der Waals surface area contributed by atoms with Crippen LogP contribution >= 0.6 is 0 Å². The van der Waals surface area contributed by atoms with Crippen molar-refractivity contribution in [2.45, 2.75) is 19.3 Å². The first-order chi connectivity index (χ1) is 11.8. The van der Waals surface area contributed by atoms with E-state index in [0.717, 1.165) is 44.0 Å². The molecule has 0 amide bonds. The van der Waals surface area contributed by atoms with E-state index in [2.05, 4.69) is 15.0 Å². The predicted octanol–water partition coefficient (Wildman–Crippen LogP) is 1.37. The van der Waals surface area contributed by atoms with Crippen LogP contribution in [0, 0.1) is 0 Å². The van der Waals surface area contributed by atoms with Gasteiger partial charge in [0.25, 0.3) is 0 Å². The Balaban J connectivity index is 1.30. The van der Waals surface area contributed by atoms with Gasteiger partial charge in [0.05, 0.1) is 25.0 Å². The zero-order chi connectivity index (χ0) is 16.6. The molecule has 6 nitrogen and oxygen atoms in total. The fraction of sp³-hybridized carbons (Fsp3) is 0.500. The van der Waals surface area contributed by atoms with Gasteiger partial charge in [0.2, 0.25) is 0 Å². The van der Waals surface area contributed by atoms with E-state index in [1.165, 1.54) is 0 Å². The standard InChI is InChI=1S/C18H25N3O3/c22-18(15-23-14-16-4-2-1-3-5-16)13-21-9-7-20(8-10-21)12-17-6-11-24-19-17/h1-6,11,18,22H,7-10,12-15H2. The number of nitrogens with zero attached hydrogens (tertiary/aromatic N) is 3. The van der Waals surface area contributed by atoms with E-state index in [4.69, 9.17) is 9.26 Å². The van der Waals surface area contributed by atoms with Gasteiger partial charge in [-0.3, -0.25) is 9.80 Å². The lowest BCUT2D eigenvalue weighted by molar-refractivity contribution is 0.000754. The molecule has 1 unspecified atom stereocenters. The van der Waals surface area contributed by atoms with Crippen molar-refractivity contribution in [1.82, 2.24) is 15.0 Å². The molecule has 1 fully saturated rings. The molecule has 1 saturated heterocycles. The molecular weight excluding hydrogens is 306 g/mol. The normalized spacial score (nSPS) is 17.9. The van der Waals surface area contributed by atoms with Gasteiger partial charge in [0, 0.05) is 45.3 Å². The number of ether oxygens (including phenoxy) is 1.